The zero-order valence-electron chi connectivity index (χ0n) is 12.9. The zero-order chi connectivity index (χ0) is 14.4. The first-order valence-corrected chi connectivity index (χ1v) is 8.10. The van der Waals surface area contributed by atoms with Crippen molar-refractivity contribution < 1.29 is 9.53 Å². The minimum absolute atomic E-state index is 0.0772. The van der Waals surface area contributed by atoms with Crippen LogP contribution in [0.1, 0.15) is 33.1 Å². The van der Waals surface area contributed by atoms with Crippen molar-refractivity contribution in [1.82, 2.24) is 15.1 Å². The molecule has 1 saturated heterocycles. The van der Waals surface area contributed by atoms with Gasteiger partial charge in [-0.2, -0.15) is 0 Å². The van der Waals surface area contributed by atoms with Crippen LogP contribution in [0, 0.1) is 0 Å². The summed E-state index contributed by atoms with van der Waals surface area (Å²) in [7, 11) is 0. The first-order chi connectivity index (χ1) is 9.72. The average Bonchev–Trinajstić information content (AvgIpc) is 3.28. The number of ether oxygens (including phenoxy) is 1. The van der Waals surface area contributed by atoms with Crippen molar-refractivity contribution in [2.45, 2.75) is 45.2 Å². The molecule has 1 aliphatic carbocycles. The molecule has 0 aromatic carbocycles. The maximum absolute atomic E-state index is 12.0. The molecule has 116 valence electrons. The molecule has 2 rings (SSSR count). The molecule has 1 N–H and O–H groups in total. The van der Waals surface area contributed by atoms with Crippen LogP contribution in [-0.4, -0.2) is 73.7 Å². The standard InChI is InChI=1S/C15H29N3O2/c1-3-17-9-11-18(12-10-17)8-7-14(15(19)20-4-2)16-13-5-6-13/h13-14,16H,3-12H2,1-2H3. The Labute approximate surface area is 122 Å². The van der Waals surface area contributed by atoms with E-state index in [1.165, 1.54) is 12.8 Å². The third-order valence-corrected chi connectivity index (χ3v) is 4.23. The monoisotopic (exact) mass is 283 g/mol. The van der Waals surface area contributed by atoms with E-state index in [2.05, 4.69) is 22.0 Å². The average molecular weight is 283 g/mol. The lowest BCUT2D eigenvalue weighted by molar-refractivity contribution is -0.146. The van der Waals surface area contributed by atoms with Crippen molar-refractivity contribution in [2.75, 3.05) is 45.9 Å². The number of rotatable bonds is 8. The number of hydrogen-bond donors (Lipinski definition) is 1. The van der Waals surface area contributed by atoms with E-state index < -0.39 is 0 Å². The molecule has 0 bridgehead atoms. The van der Waals surface area contributed by atoms with Crippen LogP contribution in [0.2, 0.25) is 0 Å². The van der Waals surface area contributed by atoms with Crippen molar-refractivity contribution >= 4 is 5.97 Å². The fraction of sp³-hybridized carbons (Fsp3) is 0.933. The molecular formula is C15H29N3O2. The molecule has 0 aromatic heterocycles. The van der Waals surface area contributed by atoms with Crippen molar-refractivity contribution in [3.05, 3.63) is 0 Å². The summed E-state index contributed by atoms with van der Waals surface area (Å²) in [5, 5.41) is 3.42. The second kappa shape index (κ2) is 7.96. The molecule has 20 heavy (non-hydrogen) atoms. The Morgan fingerprint density at radius 1 is 1.20 bits per heavy atom. The molecule has 1 unspecified atom stereocenters. The van der Waals surface area contributed by atoms with Gasteiger partial charge in [0.1, 0.15) is 6.04 Å². The molecule has 5 nitrogen and oxygen atoms in total. The minimum Gasteiger partial charge on any atom is -0.465 e. The van der Waals surface area contributed by atoms with Crippen LogP contribution in [0.25, 0.3) is 0 Å². The topological polar surface area (TPSA) is 44.8 Å². The van der Waals surface area contributed by atoms with Crippen LogP contribution in [0.5, 0.6) is 0 Å². The Bertz CT molecular complexity index is 299. The summed E-state index contributed by atoms with van der Waals surface area (Å²) in [6, 6.07) is 0.424. The predicted octanol–water partition coefficient (Wildman–Crippen LogP) is 0.698. The van der Waals surface area contributed by atoms with E-state index in [1.54, 1.807) is 0 Å². The van der Waals surface area contributed by atoms with Gasteiger partial charge in [0, 0.05) is 38.8 Å². The third-order valence-electron chi connectivity index (χ3n) is 4.23. The Kier molecular flexibility index (Phi) is 6.26. The number of carbonyl (C=O) groups is 1. The Morgan fingerprint density at radius 2 is 1.85 bits per heavy atom. The van der Waals surface area contributed by atoms with Crippen molar-refractivity contribution in [3.8, 4) is 0 Å². The van der Waals surface area contributed by atoms with Crippen LogP contribution >= 0.6 is 0 Å². The molecule has 0 aromatic rings. The number of nitrogens with zero attached hydrogens (tertiary/aromatic N) is 2. The van der Waals surface area contributed by atoms with Gasteiger partial charge in [-0.1, -0.05) is 6.92 Å². The second-order valence-electron chi connectivity index (χ2n) is 5.81. The largest absolute Gasteiger partial charge is 0.465 e. The van der Waals surface area contributed by atoms with Gasteiger partial charge in [-0.05, 0) is 32.7 Å². The summed E-state index contributed by atoms with van der Waals surface area (Å²) in [5.41, 5.74) is 0. The van der Waals surface area contributed by atoms with E-state index in [4.69, 9.17) is 4.74 Å². The van der Waals surface area contributed by atoms with Crippen LogP contribution in [-0.2, 0) is 9.53 Å². The lowest BCUT2D eigenvalue weighted by atomic mass is 10.2. The quantitative estimate of drug-likeness (QED) is 0.664. The van der Waals surface area contributed by atoms with Crippen LogP contribution in [0.3, 0.4) is 0 Å². The molecule has 1 saturated carbocycles. The molecule has 0 spiro atoms. The maximum Gasteiger partial charge on any atom is 0.323 e. The molecule has 0 radical (unpaired) electrons. The highest BCUT2D eigenvalue weighted by molar-refractivity contribution is 5.75. The van der Waals surface area contributed by atoms with Gasteiger partial charge in [0.25, 0.3) is 0 Å². The van der Waals surface area contributed by atoms with Gasteiger partial charge in [0.05, 0.1) is 6.61 Å². The Hall–Kier alpha value is -0.650. The first kappa shape index (κ1) is 15.7. The number of nitrogens with one attached hydrogen (secondary N) is 1. The SMILES string of the molecule is CCOC(=O)C(CCN1CCN(CC)CC1)NC1CC1. The van der Waals surface area contributed by atoms with Crippen LogP contribution in [0.15, 0.2) is 0 Å². The number of carbonyl (C=O) groups excluding carboxylic acids is 1. The molecule has 1 atom stereocenters. The highest BCUT2D eigenvalue weighted by Gasteiger charge is 2.29. The lowest BCUT2D eigenvalue weighted by Crippen LogP contribution is -2.48. The minimum atomic E-state index is -0.119. The van der Waals surface area contributed by atoms with E-state index in [9.17, 15) is 4.79 Å². The van der Waals surface area contributed by atoms with Gasteiger partial charge in [0.15, 0.2) is 0 Å². The van der Waals surface area contributed by atoms with Crippen molar-refractivity contribution in [2.24, 2.45) is 0 Å². The Balaban J connectivity index is 1.72. The van der Waals surface area contributed by atoms with Gasteiger partial charge in [0.2, 0.25) is 0 Å². The van der Waals surface area contributed by atoms with Gasteiger partial charge in [-0.25, -0.2) is 0 Å². The maximum atomic E-state index is 12.0. The summed E-state index contributed by atoms with van der Waals surface area (Å²) >= 11 is 0. The number of hydrogen-bond acceptors (Lipinski definition) is 5. The molecule has 2 aliphatic rings. The fourth-order valence-corrected chi connectivity index (χ4v) is 2.69. The molecule has 1 aliphatic heterocycles. The number of likely N-dealkylation sites (N-methyl/N-ethyl adjacent to an activating group) is 1. The van der Waals surface area contributed by atoms with Crippen LogP contribution in [0.4, 0.5) is 0 Å². The summed E-state index contributed by atoms with van der Waals surface area (Å²) in [6.07, 6.45) is 3.26. The smallest absolute Gasteiger partial charge is 0.323 e. The summed E-state index contributed by atoms with van der Waals surface area (Å²) < 4.78 is 5.18. The second-order valence-corrected chi connectivity index (χ2v) is 5.81. The molecule has 2 fully saturated rings. The summed E-state index contributed by atoms with van der Waals surface area (Å²) in [5.74, 6) is -0.0772. The van der Waals surface area contributed by atoms with Crippen molar-refractivity contribution in [1.29, 1.82) is 0 Å². The molecular weight excluding hydrogens is 254 g/mol. The van der Waals surface area contributed by atoms with E-state index in [0.29, 0.717) is 12.6 Å². The van der Waals surface area contributed by atoms with Gasteiger partial charge in [-0.15, -0.1) is 0 Å². The van der Waals surface area contributed by atoms with Gasteiger partial charge in [-0.3, -0.25) is 4.79 Å². The highest BCUT2D eigenvalue weighted by Crippen LogP contribution is 2.20. The highest BCUT2D eigenvalue weighted by atomic mass is 16.5. The lowest BCUT2D eigenvalue weighted by Gasteiger charge is -2.34. The van der Waals surface area contributed by atoms with Gasteiger partial charge < -0.3 is 19.9 Å². The zero-order valence-corrected chi connectivity index (χ0v) is 12.9. The third kappa shape index (κ3) is 5.04. The predicted molar refractivity (Wildman–Crippen MR) is 79.7 cm³/mol. The van der Waals surface area contributed by atoms with E-state index in [1.807, 2.05) is 6.92 Å². The summed E-state index contributed by atoms with van der Waals surface area (Å²) in [6.45, 7) is 11.2. The first-order valence-electron chi connectivity index (χ1n) is 8.10. The fourth-order valence-electron chi connectivity index (χ4n) is 2.69. The number of piperazine rings is 1. The number of esters is 1. The van der Waals surface area contributed by atoms with Crippen molar-refractivity contribution in [3.63, 3.8) is 0 Å². The normalized spacial score (nSPS) is 22.7. The van der Waals surface area contributed by atoms with E-state index >= 15 is 0 Å². The molecule has 1 heterocycles. The van der Waals surface area contributed by atoms with E-state index in [0.717, 1.165) is 45.7 Å². The summed E-state index contributed by atoms with van der Waals surface area (Å²) in [4.78, 5) is 16.9. The Morgan fingerprint density at radius 3 is 2.40 bits per heavy atom. The molecule has 0 amide bonds. The van der Waals surface area contributed by atoms with Gasteiger partial charge >= 0.3 is 5.97 Å². The van der Waals surface area contributed by atoms with E-state index in [-0.39, 0.29) is 12.0 Å². The van der Waals surface area contributed by atoms with Crippen LogP contribution < -0.4 is 5.32 Å². The molecule has 5 heteroatoms.